The van der Waals surface area contributed by atoms with Crippen molar-refractivity contribution in [2.75, 3.05) is 13.1 Å². The smallest absolute Gasteiger partial charge is 0.220 e. The summed E-state index contributed by atoms with van der Waals surface area (Å²) in [6.07, 6.45) is 3.62. The highest BCUT2D eigenvalue weighted by molar-refractivity contribution is 5.76. The highest BCUT2D eigenvalue weighted by atomic mass is 19.1. The molecule has 140 valence electrons. The quantitative estimate of drug-likeness (QED) is 0.751. The first-order valence-electron chi connectivity index (χ1n) is 9.23. The summed E-state index contributed by atoms with van der Waals surface area (Å²) in [7, 11) is 0. The Morgan fingerprint density at radius 3 is 2.65 bits per heavy atom. The number of piperidine rings is 1. The van der Waals surface area contributed by atoms with Crippen LogP contribution in [0.25, 0.3) is 0 Å². The number of nitrogens with two attached hydrogens (primary N) is 1. The van der Waals surface area contributed by atoms with Crippen LogP contribution in [0.15, 0.2) is 24.3 Å². The molecule has 0 saturated carbocycles. The van der Waals surface area contributed by atoms with Crippen LogP contribution in [-0.4, -0.2) is 39.2 Å². The summed E-state index contributed by atoms with van der Waals surface area (Å²) in [4.78, 5) is 12.8. The second kappa shape index (κ2) is 8.35. The van der Waals surface area contributed by atoms with E-state index in [1.165, 1.54) is 17.0 Å². The number of quaternary nitrogens is 1. The maximum Gasteiger partial charge on any atom is 0.220 e. The first kappa shape index (κ1) is 18.4. The highest BCUT2D eigenvalue weighted by Crippen LogP contribution is 2.17. The van der Waals surface area contributed by atoms with Crippen LogP contribution in [0.4, 0.5) is 4.39 Å². The lowest BCUT2D eigenvalue weighted by atomic mass is 9.94. The van der Waals surface area contributed by atoms with Gasteiger partial charge in [0.2, 0.25) is 11.7 Å². The zero-order valence-corrected chi connectivity index (χ0v) is 15.1. The molecule has 2 heterocycles. The standard InChI is InChI=1S/C18H25FN6O/c1-2-3-16(24-10-8-14(9-11-24)17(20)26)18-21-22-23-25(18)12-13-4-6-15(19)7-5-13/h4-7,14,16H,2-3,8-12H2,1H3,(H2,20,26)/p+1/t16-/m1/s1. The van der Waals surface area contributed by atoms with Crippen molar-refractivity contribution in [3.63, 3.8) is 0 Å². The molecule has 8 heteroatoms. The molecule has 1 aromatic heterocycles. The van der Waals surface area contributed by atoms with Crippen molar-refractivity contribution in [3.05, 3.63) is 41.5 Å². The summed E-state index contributed by atoms with van der Waals surface area (Å²) in [5.41, 5.74) is 6.41. The van der Waals surface area contributed by atoms with Crippen molar-refractivity contribution < 1.29 is 14.1 Å². The largest absolute Gasteiger partial charge is 0.369 e. The number of tetrazole rings is 1. The van der Waals surface area contributed by atoms with Crippen LogP contribution in [0.1, 0.15) is 50.0 Å². The van der Waals surface area contributed by atoms with Crippen molar-refractivity contribution in [1.29, 1.82) is 0 Å². The molecule has 0 bridgehead atoms. The Labute approximate surface area is 152 Å². The Balaban J connectivity index is 1.75. The fraction of sp³-hybridized carbons (Fsp3) is 0.556. The van der Waals surface area contributed by atoms with Crippen molar-refractivity contribution in [3.8, 4) is 0 Å². The maximum atomic E-state index is 13.1. The van der Waals surface area contributed by atoms with Crippen molar-refractivity contribution >= 4 is 5.91 Å². The molecule has 1 amide bonds. The fourth-order valence-electron chi connectivity index (χ4n) is 3.76. The summed E-state index contributed by atoms with van der Waals surface area (Å²) < 4.78 is 14.9. The molecule has 0 unspecified atom stereocenters. The van der Waals surface area contributed by atoms with Gasteiger partial charge in [-0.1, -0.05) is 25.5 Å². The number of aromatic nitrogens is 4. The van der Waals surface area contributed by atoms with E-state index in [9.17, 15) is 9.18 Å². The normalized spacial score (nSPS) is 21.5. The minimum atomic E-state index is -0.253. The molecule has 3 rings (SSSR count). The maximum absolute atomic E-state index is 13.1. The van der Waals surface area contributed by atoms with Crippen LogP contribution in [0.2, 0.25) is 0 Å². The number of likely N-dealkylation sites (tertiary alicyclic amines) is 1. The van der Waals surface area contributed by atoms with Gasteiger partial charge in [0.1, 0.15) is 11.9 Å². The number of nitrogens with one attached hydrogen (secondary N) is 1. The predicted molar refractivity (Wildman–Crippen MR) is 93.6 cm³/mol. The van der Waals surface area contributed by atoms with Crippen LogP contribution in [0.5, 0.6) is 0 Å². The molecule has 1 aromatic carbocycles. The lowest BCUT2D eigenvalue weighted by Crippen LogP contribution is -3.13. The highest BCUT2D eigenvalue weighted by Gasteiger charge is 2.34. The fourth-order valence-corrected chi connectivity index (χ4v) is 3.76. The molecule has 1 atom stereocenters. The molecule has 0 spiro atoms. The number of rotatable bonds is 7. The number of benzene rings is 1. The first-order chi connectivity index (χ1) is 12.6. The number of primary amides is 1. The molecule has 1 fully saturated rings. The van der Waals surface area contributed by atoms with Gasteiger partial charge in [-0.15, -0.1) is 5.10 Å². The van der Waals surface area contributed by atoms with Gasteiger partial charge in [0, 0.05) is 25.2 Å². The van der Waals surface area contributed by atoms with E-state index < -0.39 is 0 Å². The average molecular weight is 361 g/mol. The average Bonchev–Trinajstić information content (AvgIpc) is 3.09. The number of amides is 1. The summed E-state index contributed by atoms with van der Waals surface area (Å²) in [6, 6.07) is 6.58. The van der Waals surface area contributed by atoms with Gasteiger partial charge >= 0.3 is 0 Å². The zero-order chi connectivity index (χ0) is 18.5. The van der Waals surface area contributed by atoms with Crippen LogP contribution in [0.3, 0.4) is 0 Å². The van der Waals surface area contributed by atoms with Gasteiger partial charge in [-0.3, -0.25) is 4.79 Å². The SMILES string of the molecule is CCC[C@H](c1nnnn1Cc1ccc(F)cc1)[NH+]1CCC(C(N)=O)CC1. The van der Waals surface area contributed by atoms with Crippen molar-refractivity contribution in [2.24, 2.45) is 11.7 Å². The van der Waals surface area contributed by atoms with Crippen LogP contribution < -0.4 is 10.6 Å². The van der Waals surface area contributed by atoms with E-state index in [-0.39, 0.29) is 23.7 Å². The molecule has 26 heavy (non-hydrogen) atoms. The Bertz CT molecular complexity index is 724. The Hall–Kier alpha value is -2.35. The lowest BCUT2D eigenvalue weighted by molar-refractivity contribution is -0.938. The zero-order valence-electron chi connectivity index (χ0n) is 15.1. The van der Waals surface area contributed by atoms with Gasteiger partial charge in [-0.25, -0.2) is 9.07 Å². The third-order valence-corrected chi connectivity index (χ3v) is 5.22. The second-order valence-corrected chi connectivity index (χ2v) is 7.00. The number of hydrogen-bond acceptors (Lipinski definition) is 4. The van der Waals surface area contributed by atoms with E-state index in [1.807, 2.05) is 0 Å². The molecule has 2 aromatic rings. The Morgan fingerprint density at radius 1 is 1.35 bits per heavy atom. The van der Waals surface area contributed by atoms with Crippen LogP contribution in [-0.2, 0) is 11.3 Å². The molecule has 1 saturated heterocycles. The number of carbonyl (C=O) groups is 1. The van der Waals surface area contributed by atoms with Gasteiger partial charge in [-0.2, -0.15) is 0 Å². The van der Waals surface area contributed by atoms with Crippen molar-refractivity contribution in [2.45, 2.75) is 45.2 Å². The van der Waals surface area contributed by atoms with E-state index in [2.05, 4.69) is 22.4 Å². The van der Waals surface area contributed by atoms with E-state index in [1.54, 1.807) is 16.8 Å². The minimum Gasteiger partial charge on any atom is -0.369 e. The molecule has 1 aliphatic heterocycles. The third kappa shape index (κ3) is 4.24. The molecule has 0 aliphatic carbocycles. The Morgan fingerprint density at radius 2 is 2.04 bits per heavy atom. The molecular formula is C18H26FN6O+. The summed E-state index contributed by atoms with van der Waals surface area (Å²) in [6.45, 7) is 4.44. The topological polar surface area (TPSA) is 91.1 Å². The monoisotopic (exact) mass is 361 g/mol. The molecule has 0 radical (unpaired) electrons. The molecular weight excluding hydrogens is 335 g/mol. The van der Waals surface area contributed by atoms with Crippen molar-refractivity contribution in [1.82, 2.24) is 20.2 Å². The number of halogens is 1. The second-order valence-electron chi connectivity index (χ2n) is 7.00. The van der Waals surface area contributed by atoms with E-state index in [0.29, 0.717) is 6.54 Å². The number of hydrogen-bond donors (Lipinski definition) is 2. The van der Waals surface area contributed by atoms with Crippen LogP contribution >= 0.6 is 0 Å². The predicted octanol–water partition coefficient (Wildman–Crippen LogP) is 0.482. The van der Waals surface area contributed by atoms with Gasteiger partial charge < -0.3 is 10.6 Å². The van der Waals surface area contributed by atoms with E-state index >= 15 is 0 Å². The number of nitrogens with zero attached hydrogens (tertiary/aromatic N) is 4. The number of carbonyl (C=O) groups excluding carboxylic acids is 1. The lowest BCUT2D eigenvalue weighted by Gasteiger charge is -2.33. The Kier molecular flexibility index (Phi) is 5.92. The minimum absolute atomic E-state index is 0.0174. The van der Waals surface area contributed by atoms with E-state index in [0.717, 1.165) is 50.2 Å². The van der Waals surface area contributed by atoms with Gasteiger partial charge in [-0.05, 0) is 28.1 Å². The van der Waals surface area contributed by atoms with E-state index in [4.69, 9.17) is 5.73 Å². The molecule has 3 N–H and O–H groups in total. The van der Waals surface area contributed by atoms with Gasteiger partial charge in [0.15, 0.2) is 0 Å². The summed E-state index contributed by atoms with van der Waals surface area (Å²) >= 11 is 0. The van der Waals surface area contributed by atoms with Gasteiger partial charge in [0.25, 0.3) is 0 Å². The first-order valence-corrected chi connectivity index (χ1v) is 9.23. The molecule has 7 nitrogen and oxygen atoms in total. The van der Waals surface area contributed by atoms with Crippen LogP contribution in [0, 0.1) is 11.7 Å². The molecule has 1 aliphatic rings. The summed E-state index contributed by atoms with van der Waals surface area (Å²) in [5.74, 6) is 0.383. The third-order valence-electron chi connectivity index (χ3n) is 5.22. The summed E-state index contributed by atoms with van der Waals surface area (Å²) in [5, 5.41) is 12.3. The van der Waals surface area contributed by atoms with Gasteiger partial charge in [0.05, 0.1) is 19.6 Å².